The van der Waals surface area contributed by atoms with Gasteiger partial charge in [0.15, 0.2) is 0 Å². The molecular formula is C36H41N3O5S. The summed E-state index contributed by atoms with van der Waals surface area (Å²) in [6.07, 6.45) is 0.257. The van der Waals surface area contributed by atoms with Crippen molar-refractivity contribution in [1.82, 2.24) is 10.2 Å². The van der Waals surface area contributed by atoms with Crippen LogP contribution >= 0.6 is 0 Å². The summed E-state index contributed by atoms with van der Waals surface area (Å²) >= 11 is 0. The Hall–Kier alpha value is -4.63. The van der Waals surface area contributed by atoms with Gasteiger partial charge in [-0.15, -0.1) is 0 Å². The molecular weight excluding hydrogens is 586 g/mol. The zero-order chi connectivity index (χ0) is 32.4. The van der Waals surface area contributed by atoms with Gasteiger partial charge < -0.3 is 15.0 Å². The van der Waals surface area contributed by atoms with Gasteiger partial charge >= 0.3 is 0 Å². The maximum atomic E-state index is 14.6. The van der Waals surface area contributed by atoms with Crippen LogP contribution in [0.25, 0.3) is 0 Å². The highest BCUT2D eigenvalue weighted by atomic mass is 32.2. The number of nitrogens with one attached hydrogen (secondary N) is 1. The van der Waals surface area contributed by atoms with Gasteiger partial charge in [-0.2, -0.15) is 0 Å². The van der Waals surface area contributed by atoms with E-state index in [0.29, 0.717) is 12.3 Å². The molecule has 0 aliphatic carbocycles. The summed E-state index contributed by atoms with van der Waals surface area (Å²) < 4.78 is 34.7. The number of anilines is 1. The molecule has 4 aromatic carbocycles. The van der Waals surface area contributed by atoms with E-state index in [1.807, 2.05) is 75.4 Å². The van der Waals surface area contributed by atoms with Crippen molar-refractivity contribution in [3.05, 3.63) is 126 Å². The van der Waals surface area contributed by atoms with Crippen molar-refractivity contribution in [1.29, 1.82) is 0 Å². The van der Waals surface area contributed by atoms with Crippen molar-refractivity contribution in [3.8, 4) is 5.75 Å². The summed E-state index contributed by atoms with van der Waals surface area (Å²) in [5.74, 6) is -0.166. The van der Waals surface area contributed by atoms with E-state index in [0.717, 1.165) is 21.0 Å². The van der Waals surface area contributed by atoms with Gasteiger partial charge in [0.1, 0.15) is 18.3 Å². The second kappa shape index (κ2) is 15.4. The first kappa shape index (κ1) is 33.3. The van der Waals surface area contributed by atoms with Crippen molar-refractivity contribution in [3.63, 3.8) is 0 Å². The van der Waals surface area contributed by atoms with E-state index >= 15 is 0 Å². The lowest BCUT2D eigenvalue weighted by molar-refractivity contribution is -0.140. The number of carbonyl (C=O) groups excluding carboxylic acids is 2. The normalized spacial score (nSPS) is 11.9. The van der Waals surface area contributed by atoms with Gasteiger partial charge in [0.05, 0.1) is 17.7 Å². The summed E-state index contributed by atoms with van der Waals surface area (Å²) in [5, 5.41) is 3.01. The quantitative estimate of drug-likeness (QED) is 0.196. The van der Waals surface area contributed by atoms with Crippen LogP contribution in [0.4, 0.5) is 5.69 Å². The third-order valence-electron chi connectivity index (χ3n) is 7.51. The van der Waals surface area contributed by atoms with E-state index in [1.54, 1.807) is 42.5 Å². The monoisotopic (exact) mass is 627 g/mol. The number of amides is 2. The van der Waals surface area contributed by atoms with E-state index < -0.39 is 28.5 Å². The summed E-state index contributed by atoms with van der Waals surface area (Å²) in [4.78, 5) is 30.0. The summed E-state index contributed by atoms with van der Waals surface area (Å²) in [5.41, 5.74) is 2.97. The minimum Gasteiger partial charge on any atom is -0.497 e. The fourth-order valence-corrected chi connectivity index (χ4v) is 6.39. The molecule has 4 rings (SSSR count). The molecule has 0 fully saturated rings. The molecule has 236 valence electrons. The van der Waals surface area contributed by atoms with Crippen molar-refractivity contribution < 1.29 is 22.7 Å². The van der Waals surface area contributed by atoms with Crippen molar-refractivity contribution in [2.45, 2.75) is 44.7 Å². The van der Waals surface area contributed by atoms with Crippen LogP contribution in [0, 0.1) is 12.8 Å². The summed E-state index contributed by atoms with van der Waals surface area (Å²) in [7, 11) is -2.69. The third kappa shape index (κ3) is 8.73. The molecule has 45 heavy (non-hydrogen) atoms. The van der Waals surface area contributed by atoms with Crippen LogP contribution in [0.2, 0.25) is 0 Å². The summed E-state index contributed by atoms with van der Waals surface area (Å²) in [6, 6.07) is 30.9. The van der Waals surface area contributed by atoms with Crippen LogP contribution in [0.5, 0.6) is 5.75 Å². The second-order valence-corrected chi connectivity index (χ2v) is 13.2. The van der Waals surface area contributed by atoms with E-state index in [4.69, 9.17) is 4.74 Å². The number of sulfonamides is 1. The first-order valence-electron chi connectivity index (χ1n) is 15.0. The van der Waals surface area contributed by atoms with Gasteiger partial charge in [-0.1, -0.05) is 92.7 Å². The Kier molecular flexibility index (Phi) is 11.4. The van der Waals surface area contributed by atoms with Crippen LogP contribution in [-0.4, -0.2) is 51.4 Å². The topological polar surface area (TPSA) is 96.0 Å². The zero-order valence-corrected chi connectivity index (χ0v) is 27.0. The molecule has 0 bridgehead atoms. The third-order valence-corrected chi connectivity index (χ3v) is 9.30. The zero-order valence-electron chi connectivity index (χ0n) is 26.2. The SMILES string of the molecule is COc1cccc(N(CC(=O)N(Cc2ccccc2C)[C@@H](Cc2ccccc2)C(=O)NCC(C)C)S(=O)(=O)c2ccccc2)c1. The summed E-state index contributed by atoms with van der Waals surface area (Å²) in [6.45, 7) is 5.99. The standard InChI is InChI=1S/C36H41N3O5S/c1-27(2)24-37-36(41)34(22-29-15-7-5-8-16-29)38(25-30-17-12-11-14-28(30)3)35(40)26-39(31-18-13-19-32(23-31)44-4)45(42,43)33-20-9-6-10-21-33/h5-21,23,27,34H,22,24-26H2,1-4H3,(H,37,41)/t34-/m0/s1. The number of ether oxygens (including phenoxy) is 1. The molecule has 9 heteroatoms. The molecule has 0 heterocycles. The number of rotatable bonds is 14. The van der Waals surface area contributed by atoms with Gasteiger partial charge in [-0.05, 0) is 53.8 Å². The number of carbonyl (C=O) groups is 2. The van der Waals surface area contributed by atoms with Crippen LogP contribution in [0.3, 0.4) is 0 Å². The molecule has 0 aliphatic rings. The van der Waals surface area contributed by atoms with E-state index in [9.17, 15) is 18.0 Å². The molecule has 1 N–H and O–H groups in total. The number of hydrogen-bond donors (Lipinski definition) is 1. The second-order valence-electron chi connectivity index (χ2n) is 11.3. The Morgan fingerprint density at radius 3 is 2.13 bits per heavy atom. The van der Waals surface area contributed by atoms with Crippen molar-refractivity contribution >= 4 is 27.5 Å². The molecule has 4 aromatic rings. The average molecular weight is 628 g/mol. The number of benzene rings is 4. The lowest BCUT2D eigenvalue weighted by Crippen LogP contribution is -2.53. The van der Waals surface area contributed by atoms with Gasteiger partial charge in [0.25, 0.3) is 10.0 Å². The molecule has 0 saturated heterocycles. The Bertz CT molecular complexity index is 1680. The minimum absolute atomic E-state index is 0.0431. The maximum Gasteiger partial charge on any atom is 0.264 e. The maximum absolute atomic E-state index is 14.6. The molecule has 0 saturated carbocycles. The predicted octanol–water partition coefficient (Wildman–Crippen LogP) is 5.61. The van der Waals surface area contributed by atoms with E-state index in [1.165, 1.54) is 24.1 Å². The van der Waals surface area contributed by atoms with E-state index in [2.05, 4.69) is 5.32 Å². The molecule has 2 amide bonds. The number of hydrogen-bond acceptors (Lipinski definition) is 5. The lowest BCUT2D eigenvalue weighted by atomic mass is 10.0. The largest absolute Gasteiger partial charge is 0.497 e. The number of methoxy groups -OCH3 is 1. The smallest absolute Gasteiger partial charge is 0.264 e. The molecule has 0 unspecified atom stereocenters. The van der Waals surface area contributed by atoms with Crippen LogP contribution in [0.1, 0.15) is 30.5 Å². The highest BCUT2D eigenvalue weighted by Crippen LogP contribution is 2.28. The molecule has 0 radical (unpaired) electrons. The first-order valence-corrected chi connectivity index (χ1v) is 16.4. The van der Waals surface area contributed by atoms with Crippen molar-refractivity contribution in [2.24, 2.45) is 5.92 Å². The lowest BCUT2D eigenvalue weighted by Gasteiger charge is -2.34. The molecule has 8 nitrogen and oxygen atoms in total. The van der Waals surface area contributed by atoms with E-state index in [-0.39, 0.29) is 35.4 Å². The average Bonchev–Trinajstić information content (AvgIpc) is 3.05. The van der Waals surface area contributed by atoms with Gasteiger partial charge in [-0.3, -0.25) is 13.9 Å². The fourth-order valence-electron chi connectivity index (χ4n) is 4.96. The van der Waals surface area contributed by atoms with Gasteiger partial charge in [0.2, 0.25) is 11.8 Å². The Balaban J connectivity index is 1.81. The molecule has 0 spiro atoms. The molecule has 0 aliphatic heterocycles. The molecule has 0 aromatic heterocycles. The van der Waals surface area contributed by atoms with Gasteiger partial charge in [0, 0.05) is 25.6 Å². The Morgan fingerprint density at radius 1 is 0.844 bits per heavy atom. The number of aryl methyl sites for hydroxylation is 1. The number of nitrogens with zero attached hydrogens (tertiary/aromatic N) is 2. The Labute approximate surface area is 266 Å². The predicted molar refractivity (Wildman–Crippen MR) is 177 cm³/mol. The van der Waals surface area contributed by atoms with Crippen LogP contribution in [0.15, 0.2) is 114 Å². The highest BCUT2D eigenvalue weighted by molar-refractivity contribution is 7.92. The first-order chi connectivity index (χ1) is 21.6. The van der Waals surface area contributed by atoms with Crippen LogP contribution in [-0.2, 0) is 32.6 Å². The van der Waals surface area contributed by atoms with Crippen molar-refractivity contribution in [2.75, 3.05) is 24.5 Å². The molecule has 1 atom stereocenters. The Morgan fingerprint density at radius 2 is 1.49 bits per heavy atom. The minimum atomic E-state index is -4.19. The van der Waals surface area contributed by atoms with Gasteiger partial charge in [-0.25, -0.2) is 8.42 Å². The van der Waals surface area contributed by atoms with Crippen LogP contribution < -0.4 is 14.4 Å². The highest BCUT2D eigenvalue weighted by Gasteiger charge is 2.35. The fraction of sp³-hybridized carbons (Fsp3) is 0.278.